The van der Waals surface area contributed by atoms with E-state index in [0.29, 0.717) is 25.7 Å². The van der Waals surface area contributed by atoms with Crippen molar-refractivity contribution < 1.29 is 34.4 Å². The lowest BCUT2D eigenvalue weighted by Gasteiger charge is -2.12. The highest BCUT2D eigenvalue weighted by Crippen LogP contribution is 2.15. The molecular formula is C46H78O7. The van der Waals surface area contributed by atoms with Gasteiger partial charge in [-0.25, -0.2) is 0 Å². The Kier molecular flexibility index (Phi) is 38.4. The first-order valence-corrected chi connectivity index (χ1v) is 21.2. The van der Waals surface area contributed by atoms with E-state index in [1.54, 1.807) is 24.3 Å². The maximum atomic E-state index is 12.0. The zero-order valence-electron chi connectivity index (χ0n) is 33.7. The molecule has 0 rings (SSSR count). The number of aliphatic hydroxyl groups excluding tert-OH is 3. The van der Waals surface area contributed by atoms with E-state index in [0.717, 1.165) is 32.1 Å². The van der Waals surface area contributed by atoms with Crippen LogP contribution in [0.1, 0.15) is 174 Å². The number of rotatable bonds is 37. The van der Waals surface area contributed by atoms with Gasteiger partial charge in [-0.1, -0.05) is 196 Å². The van der Waals surface area contributed by atoms with Crippen molar-refractivity contribution >= 4 is 11.9 Å². The molecule has 3 N–H and O–H groups in total. The van der Waals surface area contributed by atoms with Crippen molar-refractivity contribution in [2.45, 2.75) is 193 Å². The van der Waals surface area contributed by atoms with Crippen molar-refractivity contribution in [3.05, 3.63) is 72.9 Å². The van der Waals surface area contributed by atoms with Gasteiger partial charge >= 0.3 is 11.9 Å². The Balaban J connectivity index is 3.67. The van der Waals surface area contributed by atoms with Crippen LogP contribution in [0.2, 0.25) is 0 Å². The first-order valence-electron chi connectivity index (χ1n) is 21.2. The summed E-state index contributed by atoms with van der Waals surface area (Å²) in [6.45, 7) is 3.96. The van der Waals surface area contributed by atoms with E-state index in [9.17, 15) is 24.9 Å². The van der Waals surface area contributed by atoms with E-state index in [1.807, 2.05) is 48.6 Å². The zero-order chi connectivity index (χ0) is 38.9. The summed E-state index contributed by atoms with van der Waals surface area (Å²) < 4.78 is 10.3. The topological polar surface area (TPSA) is 113 Å². The predicted molar refractivity (Wildman–Crippen MR) is 222 cm³/mol. The van der Waals surface area contributed by atoms with Crippen molar-refractivity contribution in [2.24, 2.45) is 0 Å². The lowest BCUT2D eigenvalue weighted by molar-refractivity contribution is -0.152. The molecule has 0 aromatic carbocycles. The van der Waals surface area contributed by atoms with E-state index >= 15 is 0 Å². The molecule has 0 bridgehead atoms. The van der Waals surface area contributed by atoms with Crippen molar-refractivity contribution in [2.75, 3.05) is 13.2 Å². The molecule has 7 heteroatoms. The molecule has 3 atom stereocenters. The van der Waals surface area contributed by atoms with Crippen LogP contribution in [-0.2, 0) is 19.1 Å². The second kappa shape index (κ2) is 40.4. The average molecular weight is 743 g/mol. The standard InChI is InChI=1S/C46H78O7/c1-3-5-7-8-9-10-11-12-13-14-15-16-17-18-19-23-26-32-38-45(50)52-40-44(49)41-53-46(51)39-33-27-31-37-43(48)36-30-25-22-20-21-24-29-35-42(47)34-28-6-4-2/h6,21-22,24-25,28-31,35-37,42-44,47-49H,3-5,7-20,23,26-27,32-34,38-41H2,1-2H3/b24-21-,25-22-,28-6-,35-29+,36-30+,37-31-/t42-,43-,44-/m1/s1. The lowest BCUT2D eigenvalue weighted by atomic mass is 10.0. The number of ether oxygens (including phenoxy) is 2. The number of unbranched alkanes of at least 4 members (excludes halogenated alkanes) is 18. The van der Waals surface area contributed by atoms with Gasteiger partial charge in [-0.3, -0.25) is 9.59 Å². The number of aliphatic hydroxyl groups is 3. The molecule has 0 aromatic rings. The van der Waals surface area contributed by atoms with Gasteiger partial charge in [0.1, 0.15) is 19.3 Å². The van der Waals surface area contributed by atoms with Crippen LogP contribution in [0.5, 0.6) is 0 Å². The number of esters is 2. The fourth-order valence-corrected chi connectivity index (χ4v) is 5.65. The van der Waals surface area contributed by atoms with E-state index in [4.69, 9.17) is 9.47 Å². The molecule has 0 radical (unpaired) electrons. The van der Waals surface area contributed by atoms with Crippen molar-refractivity contribution in [3.63, 3.8) is 0 Å². The predicted octanol–water partition coefficient (Wildman–Crippen LogP) is 11.3. The molecular weight excluding hydrogens is 664 g/mol. The molecule has 7 nitrogen and oxygen atoms in total. The van der Waals surface area contributed by atoms with E-state index in [2.05, 4.69) is 13.8 Å². The van der Waals surface area contributed by atoms with Crippen LogP contribution in [-0.4, -0.2) is 58.8 Å². The maximum Gasteiger partial charge on any atom is 0.305 e. The van der Waals surface area contributed by atoms with Gasteiger partial charge in [0.15, 0.2) is 0 Å². The average Bonchev–Trinajstić information content (AvgIpc) is 3.15. The molecule has 0 aliphatic rings. The Morgan fingerprint density at radius 1 is 0.509 bits per heavy atom. The first kappa shape index (κ1) is 50.3. The summed E-state index contributed by atoms with van der Waals surface area (Å²) in [6.07, 6.45) is 47.5. The second-order valence-corrected chi connectivity index (χ2v) is 14.1. The molecule has 0 fully saturated rings. The van der Waals surface area contributed by atoms with Crippen LogP contribution >= 0.6 is 0 Å². The van der Waals surface area contributed by atoms with Crippen molar-refractivity contribution in [1.82, 2.24) is 0 Å². The van der Waals surface area contributed by atoms with Gasteiger partial charge in [-0.2, -0.15) is 0 Å². The minimum Gasteiger partial charge on any atom is -0.463 e. The fourth-order valence-electron chi connectivity index (χ4n) is 5.65. The highest BCUT2D eigenvalue weighted by molar-refractivity contribution is 5.69. The number of hydrogen-bond acceptors (Lipinski definition) is 7. The highest BCUT2D eigenvalue weighted by Gasteiger charge is 2.12. The molecule has 0 saturated heterocycles. The summed E-state index contributed by atoms with van der Waals surface area (Å²) in [4.78, 5) is 24.0. The van der Waals surface area contributed by atoms with Crippen LogP contribution in [0.4, 0.5) is 0 Å². The minimum atomic E-state index is -1.04. The van der Waals surface area contributed by atoms with E-state index < -0.39 is 24.3 Å². The maximum absolute atomic E-state index is 12.0. The molecule has 53 heavy (non-hydrogen) atoms. The molecule has 304 valence electrons. The van der Waals surface area contributed by atoms with E-state index in [-0.39, 0.29) is 25.6 Å². The van der Waals surface area contributed by atoms with Crippen molar-refractivity contribution in [1.29, 1.82) is 0 Å². The quantitative estimate of drug-likeness (QED) is 0.0251. The molecule has 0 heterocycles. The SMILES string of the molecule is CC/C=C\C[C@@H](O)/C=C/C=C\C/C=C\C=C\[C@@H](O)/C=C\CCCC(=O)OC[C@H](O)COC(=O)CCCCCCCCCCCCCCCCCCCC. The number of allylic oxidation sites excluding steroid dienone is 8. The number of carbonyl (C=O) groups excluding carboxylic acids is 2. The van der Waals surface area contributed by atoms with Gasteiger partial charge in [0.05, 0.1) is 12.2 Å². The Bertz CT molecular complexity index is 1010. The number of hydrogen-bond donors (Lipinski definition) is 3. The summed E-state index contributed by atoms with van der Waals surface area (Å²) in [6, 6.07) is 0. The van der Waals surface area contributed by atoms with Gasteiger partial charge in [0, 0.05) is 12.8 Å². The summed E-state index contributed by atoms with van der Waals surface area (Å²) in [5.41, 5.74) is 0. The summed E-state index contributed by atoms with van der Waals surface area (Å²) in [5, 5.41) is 29.9. The normalized spacial score (nSPS) is 14.1. The molecule has 0 aliphatic heterocycles. The highest BCUT2D eigenvalue weighted by atomic mass is 16.6. The Morgan fingerprint density at radius 2 is 0.981 bits per heavy atom. The third-order valence-electron chi connectivity index (χ3n) is 8.88. The third-order valence-corrected chi connectivity index (χ3v) is 8.88. The van der Waals surface area contributed by atoms with E-state index in [1.165, 1.54) is 96.3 Å². The molecule has 0 aliphatic carbocycles. The van der Waals surface area contributed by atoms with Gasteiger partial charge in [-0.15, -0.1) is 0 Å². The zero-order valence-corrected chi connectivity index (χ0v) is 33.7. The lowest BCUT2D eigenvalue weighted by Crippen LogP contribution is -2.25. The largest absolute Gasteiger partial charge is 0.463 e. The van der Waals surface area contributed by atoms with Crippen molar-refractivity contribution in [3.8, 4) is 0 Å². The molecule has 0 aromatic heterocycles. The van der Waals surface area contributed by atoms with Crippen LogP contribution < -0.4 is 0 Å². The third kappa shape index (κ3) is 40.3. The second-order valence-electron chi connectivity index (χ2n) is 14.1. The molecule has 0 unspecified atom stereocenters. The number of carbonyl (C=O) groups is 2. The van der Waals surface area contributed by atoms with Crippen LogP contribution in [0, 0.1) is 0 Å². The molecule has 0 saturated carbocycles. The summed E-state index contributed by atoms with van der Waals surface area (Å²) in [5.74, 6) is -0.742. The molecule has 0 amide bonds. The van der Waals surface area contributed by atoms with Crippen LogP contribution in [0.15, 0.2) is 72.9 Å². The van der Waals surface area contributed by atoms with Gasteiger partial charge in [0.25, 0.3) is 0 Å². The monoisotopic (exact) mass is 743 g/mol. The summed E-state index contributed by atoms with van der Waals surface area (Å²) >= 11 is 0. The van der Waals surface area contributed by atoms with Gasteiger partial charge < -0.3 is 24.8 Å². The Labute approximate surface area is 324 Å². The first-order chi connectivity index (χ1) is 25.9. The Hall–Kier alpha value is -2.74. The van der Waals surface area contributed by atoms with Gasteiger partial charge in [-0.05, 0) is 38.5 Å². The smallest absolute Gasteiger partial charge is 0.305 e. The van der Waals surface area contributed by atoms with Gasteiger partial charge in [0.2, 0.25) is 0 Å². The summed E-state index contributed by atoms with van der Waals surface area (Å²) in [7, 11) is 0. The minimum absolute atomic E-state index is 0.176. The Morgan fingerprint density at radius 3 is 1.49 bits per heavy atom. The van der Waals surface area contributed by atoms with Crippen LogP contribution in [0.3, 0.4) is 0 Å². The van der Waals surface area contributed by atoms with Crippen LogP contribution in [0.25, 0.3) is 0 Å². The fraction of sp³-hybridized carbons (Fsp3) is 0.696. The molecule has 0 spiro atoms.